The first-order valence-corrected chi connectivity index (χ1v) is 9.56. The van der Waals surface area contributed by atoms with Crippen molar-refractivity contribution in [1.29, 1.82) is 0 Å². The Morgan fingerprint density at radius 3 is 1.92 bits per heavy atom. The molecule has 2 amide bonds. The highest BCUT2D eigenvalue weighted by Gasteiger charge is 2.21. The number of carbonyl (C=O) groups excluding carboxylic acids is 2. The van der Waals surface area contributed by atoms with E-state index in [0.717, 1.165) is 38.2 Å². The van der Waals surface area contributed by atoms with Crippen LogP contribution in [-0.2, 0) is 9.59 Å². The van der Waals surface area contributed by atoms with Crippen molar-refractivity contribution in [3.05, 3.63) is 35.9 Å². The maximum atomic E-state index is 12.3. The van der Waals surface area contributed by atoms with E-state index in [0.29, 0.717) is 13.1 Å². The van der Waals surface area contributed by atoms with Gasteiger partial charge in [-0.3, -0.25) is 19.4 Å². The monoisotopic (exact) mass is 360 g/mol. The number of hydrogen-bond acceptors (Lipinski definition) is 4. The van der Waals surface area contributed by atoms with Gasteiger partial charge in [-0.15, -0.1) is 0 Å². The molecule has 1 fully saturated rings. The van der Waals surface area contributed by atoms with Gasteiger partial charge in [-0.1, -0.05) is 37.3 Å². The normalized spacial score (nSPS) is 18.1. The lowest BCUT2D eigenvalue weighted by Crippen LogP contribution is -2.52. The summed E-state index contributed by atoms with van der Waals surface area (Å²) in [4.78, 5) is 28.5. The molecule has 1 aliphatic rings. The van der Waals surface area contributed by atoms with Crippen molar-refractivity contribution in [2.45, 2.75) is 39.3 Å². The van der Waals surface area contributed by atoms with Gasteiger partial charge in [0, 0.05) is 32.2 Å². The van der Waals surface area contributed by atoms with Crippen molar-refractivity contribution in [1.82, 2.24) is 20.4 Å². The number of nitrogens with zero attached hydrogens (tertiary/aromatic N) is 2. The van der Waals surface area contributed by atoms with E-state index in [4.69, 9.17) is 0 Å². The van der Waals surface area contributed by atoms with E-state index in [1.807, 2.05) is 44.2 Å². The molecule has 6 heteroatoms. The second-order valence-corrected chi connectivity index (χ2v) is 7.13. The quantitative estimate of drug-likeness (QED) is 0.735. The maximum absolute atomic E-state index is 12.3. The third kappa shape index (κ3) is 6.77. The average molecular weight is 361 g/mol. The molecule has 2 rings (SSSR count). The maximum Gasteiger partial charge on any atom is 0.234 e. The molecule has 2 atom stereocenters. The number of piperazine rings is 1. The van der Waals surface area contributed by atoms with Crippen molar-refractivity contribution in [2.75, 3.05) is 39.3 Å². The van der Waals surface area contributed by atoms with E-state index in [-0.39, 0.29) is 23.9 Å². The van der Waals surface area contributed by atoms with E-state index >= 15 is 0 Å². The Balaban J connectivity index is 1.68. The summed E-state index contributed by atoms with van der Waals surface area (Å²) in [7, 11) is 0. The highest BCUT2D eigenvalue weighted by atomic mass is 16.2. The van der Waals surface area contributed by atoms with E-state index in [2.05, 4.69) is 27.4 Å². The SMILES string of the molecule is CCC(C)NC(=O)CN1CCN(CC(=O)NC(C)c2ccccc2)CC1. The molecule has 26 heavy (non-hydrogen) atoms. The zero-order valence-corrected chi connectivity index (χ0v) is 16.2. The smallest absolute Gasteiger partial charge is 0.234 e. The molecular formula is C20H32N4O2. The molecule has 1 aliphatic heterocycles. The summed E-state index contributed by atoms with van der Waals surface area (Å²) in [6.07, 6.45) is 0.941. The average Bonchev–Trinajstić information content (AvgIpc) is 2.63. The van der Waals surface area contributed by atoms with Crippen LogP contribution in [0.2, 0.25) is 0 Å². The predicted octanol–water partition coefficient (Wildman–Crippen LogP) is 1.40. The second-order valence-electron chi connectivity index (χ2n) is 7.13. The highest BCUT2D eigenvalue weighted by molar-refractivity contribution is 5.79. The van der Waals surface area contributed by atoms with E-state index < -0.39 is 0 Å². The largest absolute Gasteiger partial charge is 0.353 e. The molecule has 2 N–H and O–H groups in total. The van der Waals surface area contributed by atoms with E-state index in [1.54, 1.807) is 0 Å². The lowest BCUT2D eigenvalue weighted by atomic mass is 10.1. The van der Waals surface area contributed by atoms with Crippen molar-refractivity contribution >= 4 is 11.8 Å². The third-order valence-electron chi connectivity index (χ3n) is 4.90. The molecule has 0 aliphatic carbocycles. The van der Waals surface area contributed by atoms with E-state index in [9.17, 15) is 9.59 Å². The Bertz CT molecular complexity index is 570. The van der Waals surface area contributed by atoms with Crippen LogP contribution in [0.3, 0.4) is 0 Å². The summed E-state index contributed by atoms with van der Waals surface area (Å²) in [6.45, 7) is 10.2. The molecule has 0 bridgehead atoms. The first-order valence-electron chi connectivity index (χ1n) is 9.56. The lowest BCUT2D eigenvalue weighted by Gasteiger charge is -2.34. The molecule has 1 aromatic carbocycles. The molecule has 2 unspecified atom stereocenters. The third-order valence-corrected chi connectivity index (χ3v) is 4.90. The number of nitrogens with one attached hydrogen (secondary N) is 2. The Morgan fingerprint density at radius 2 is 1.42 bits per heavy atom. The summed E-state index contributed by atoms with van der Waals surface area (Å²) < 4.78 is 0. The molecule has 0 aromatic heterocycles. The lowest BCUT2D eigenvalue weighted by molar-refractivity contribution is -0.125. The van der Waals surface area contributed by atoms with Crippen LogP contribution in [0.1, 0.15) is 38.8 Å². The molecular weight excluding hydrogens is 328 g/mol. The van der Waals surface area contributed by atoms with Crippen molar-refractivity contribution in [3.63, 3.8) is 0 Å². The van der Waals surface area contributed by atoms with Crippen LogP contribution in [0, 0.1) is 0 Å². The van der Waals surface area contributed by atoms with Gasteiger partial charge in [-0.05, 0) is 25.8 Å². The van der Waals surface area contributed by atoms with Gasteiger partial charge in [0.2, 0.25) is 11.8 Å². The van der Waals surface area contributed by atoms with Crippen molar-refractivity contribution in [3.8, 4) is 0 Å². The van der Waals surface area contributed by atoms with Crippen LogP contribution in [0.25, 0.3) is 0 Å². The van der Waals surface area contributed by atoms with E-state index in [1.165, 1.54) is 0 Å². The number of benzene rings is 1. The fourth-order valence-electron chi connectivity index (χ4n) is 3.05. The van der Waals surface area contributed by atoms with Crippen LogP contribution in [0.5, 0.6) is 0 Å². The van der Waals surface area contributed by atoms with Gasteiger partial charge < -0.3 is 10.6 Å². The van der Waals surface area contributed by atoms with Gasteiger partial charge in [0.15, 0.2) is 0 Å². The minimum atomic E-state index is 0.00856. The Hall–Kier alpha value is -1.92. The molecule has 1 heterocycles. The topological polar surface area (TPSA) is 64.7 Å². The van der Waals surface area contributed by atoms with Crippen LogP contribution < -0.4 is 10.6 Å². The van der Waals surface area contributed by atoms with Crippen LogP contribution in [0.4, 0.5) is 0 Å². The van der Waals surface area contributed by atoms with Gasteiger partial charge in [-0.25, -0.2) is 0 Å². The molecule has 6 nitrogen and oxygen atoms in total. The zero-order valence-electron chi connectivity index (χ0n) is 16.2. The number of carbonyl (C=O) groups is 2. The Morgan fingerprint density at radius 1 is 0.923 bits per heavy atom. The minimum absolute atomic E-state index is 0.00856. The zero-order chi connectivity index (χ0) is 18.9. The molecule has 0 spiro atoms. The van der Waals surface area contributed by atoms with Crippen molar-refractivity contribution in [2.24, 2.45) is 0 Å². The summed E-state index contributed by atoms with van der Waals surface area (Å²) in [5.74, 6) is 0.131. The van der Waals surface area contributed by atoms with Gasteiger partial charge in [0.25, 0.3) is 0 Å². The van der Waals surface area contributed by atoms with Crippen molar-refractivity contribution < 1.29 is 9.59 Å². The second kappa shape index (κ2) is 10.3. The fraction of sp³-hybridized carbons (Fsp3) is 0.600. The molecule has 0 saturated carbocycles. The Labute approximate surface area is 156 Å². The predicted molar refractivity (Wildman–Crippen MR) is 104 cm³/mol. The fourth-order valence-corrected chi connectivity index (χ4v) is 3.05. The number of hydrogen-bond donors (Lipinski definition) is 2. The van der Waals surface area contributed by atoms with Gasteiger partial charge >= 0.3 is 0 Å². The molecule has 0 radical (unpaired) electrons. The Kier molecular flexibility index (Phi) is 8.06. The molecule has 144 valence electrons. The van der Waals surface area contributed by atoms with Gasteiger partial charge in [0.1, 0.15) is 0 Å². The summed E-state index contributed by atoms with van der Waals surface area (Å²) >= 11 is 0. The minimum Gasteiger partial charge on any atom is -0.353 e. The summed E-state index contributed by atoms with van der Waals surface area (Å²) in [5, 5.41) is 6.06. The van der Waals surface area contributed by atoms with Crippen LogP contribution in [0.15, 0.2) is 30.3 Å². The number of rotatable bonds is 8. The van der Waals surface area contributed by atoms with Crippen LogP contribution >= 0.6 is 0 Å². The standard InChI is InChI=1S/C20H32N4O2/c1-4-16(2)21-19(25)14-23-10-12-24(13-11-23)15-20(26)22-17(3)18-8-6-5-7-9-18/h5-9,16-17H,4,10-15H2,1-3H3,(H,21,25)(H,22,26). The number of amides is 2. The molecule has 1 saturated heterocycles. The first-order chi connectivity index (χ1) is 12.5. The van der Waals surface area contributed by atoms with Gasteiger partial charge in [-0.2, -0.15) is 0 Å². The van der Waals surface area contributed by atoms with Crippen LogP contribution in [-0.4, -0.2) is 66.9 Å². The highest BCUT2D eigenvalue weighted by Crippen LogP contribution is 2.11. The summed E-state index contributed by atoms with van der Waals surface area (Å²) in [5.41, 5.74) is 1.11. The van der Waals surface area contributed by atoms with Gasteiger partial charge in [0.05, 0.1) is 19.1 Å². The summed E-state index contributed by atoms with van der Waals surface area (Å²) in [6, 6.07) is 10.2. The first kappa shape index (κ1) is 20.4. The molecule has 1 aromatic rings.